The molecule has 1 aromatic heterocycles. The van der Waals surface area contributed by atoms with Crippen LogP contribution in [0, 0.1) is 0 Å². The molecule has 1 heterocycles. The Balaban J connectivity index is 2.54. The highest BCUT2D eigenvalue weighted by molar-refractivity contribution is 5.94. The van der Waals surface area contributed by atoms with Gasteiger partial charge in [0.05, 0.1) is 18.8 Å². The molecule has 0 aromatic carbocycles. The number of amides is 1. The predicted octanol–water partition coefficient (Wildman–Crippen LogP) is 1.47. The van der Waals surface area contributed by atoms with Crippen molar-refractivity contribution in [1.29, 1.82) is 0 Å². The molecule has 1 amide bonds. The second-order valence-corrected chi connectivity index (χ2v) is 4.58. The number of nitrogens with one attached hydrogen (secondary N) is 2. The number of H-pyrrole nitrogens is 1. The molecule has 0 fully saturated rings. The van der Waals surface area contributed by atoms with E-state index in [1.165, 1.54) is 0 Å². The summed E-state index contributed by atoms with van der Waals surface area (Å²) in [7, 11) is 1.88. The molecule has 0 spiro atoms. The van der Waals surface area contributed by atoms with Gasteiger partial charge in [0.2, 0.25) is 5.91 Å². The number of esters is 1. The summed E-state index contributed by atoms with van der Waals surface area (Å²) >= 11 is 0. The molecule has 0 atom stereocenters. The average molecular weight is 267 g/mol. The molecule has 19 heavy (non-hydrogen) atoms. The molecule has 0 bridgehead atoms. The third-order valence-corrected chi connectivity index (χ3v) is 2.74. The summed E-state index contributed by atoms with van der Waals surface area (Å²) in [6, 6.07) is 1.86. The monoisotopic (exact) mass is 267 g/mol. The second kappa shape index (κ2) is 6.94. The summed E-state index contributed by atoms with van der Waals surface area (Å²) in [4.78, 5) is 27.9. The standard InChI is InChI=1S/C13H21N3O3/c1-5-19-13(18)11-6-10(7-14-11)15-12(17)8-16(4)9(2)3/h6-7,9,14H,5,8H2,1-4H3,(H,15,17). The summed E-state index contributed by atoms with van der Waals surface area (Å²) in [5.41, 5.74) is 0.888. The highest BCUT2D eigenvalue weighted by Gasteiger charge is 2.12. The first-order chi connectivity index (χ1) is 8.93. The van der Waals surface area contributed by atoms with E-state index in [9.17, 15) is 9.59 Å². The van der Waals surface area contributed by atoms with Crippen LogP contribution in [0.25, 0.3) is 0 Å². The molecule has 0 unspecified atom stereocenters. The molecule has 2 N–H and O–H groups in total. The fraction of sp³-hybridized carbons (Fsp3) is 0.538. The minimum absolute atomic E-state index is 0.120. The SMILES string of the molecule is CCOC(=O)c1cc(NC(=O)CN(C)C(C)C)c[nH]1. The van der Waals surface area contributed by atoms with Gasteiger partial charge in [0.25, 0.3) is 0 Å². The van der Waals surface area contributed by atoms with Crippen molar-refractivity contribution < 1.29 is 14.3 Å². The third-order valence-electron chi connectivity index (χ3n) is 2.74. The number of rotatable bonds is 6. The van der Waals surface area contributed by atoms with Crippen LogP contribution in [0.3, 0.4) is 0 Å². The molecular formula is C13H21N3O3. The lowest BCUT2D eigenvalue weighted by molar-refractivity contribution is -0.117. The number of aromatic amines is 1. The van der Waals surface area contributed by atoms with Gasteiger partial charge in [0.1, 0.15) is 5.69 Å². The summed E-state index contributed by atoms with van der Waals surface area (Å²) < 4.78 is 4.85. The zero-order valence-electron chi connectivity index (χ0n) is 11.8. The van der Waals surface area contributed by atoms with Crippen LogP contribution >= 0.6 is 0 Å². The van der Waals surface area contributed by atoms with E-state index in [1.807, 2.05) is 25.8 Å². The van der Waals surface area contributed by atoms with Gasteiger partial charge in [-0.2, -0.15) is 0 Å². The van der Waals surface area contributed by atoms with Crippen LogP contribution < -0.4 is 5.32 Å². The lowest BCUT2D eigenvalue weighted by atomic mass is 10.3. The highest BCUT2D eigenvalue weighted by Crippen LogP contribution is 2.10. The van der Waals surface area contributed by atoms with Gasteiger partial charge in [-0.3, -0.25) is 9.69 Å². The minimum Gasteiger partial charge on any atom is -0.461 e. The Hall–Kier alpha value is -1.82. The van der Waals surface area contributed by atoms with Gasteiger partial charge in [-0.1, -0.05) is 0 Å². The molecule has 106 valence electrons. The van der Waals surface area contributed by atoms with E-state index < -0.39 is 5.97 Å². The predicted molar refractivity (Wildman–Crippen MR) is 73.1 cm³/mol. The zero-order chi connectivity index (χ0) is 14.4. The lowest BCUT2D eigenvalue weighted by Gasteiger charge is -2.19. The van der Waals surface area contributed by atoms with E-state index in [4.69, 9.17) is 4.74 Å². The number of carbonyl (C=O) groups is 2. The van der Waals surface area contributed by atoms with Gasteiger partial charge in [-0.05, 0) is 33.9 Å². The molecule has 0 saturated carbocycles. The minimum atomic E-state index is -0.428. The molecule has 6 heteroatoms. The summed E-state index contributed by atoms with van der Waals surface area (Å²) in [5.74, 6) is -0.548. The average Bonchev–Trinajstić information content (AvgIpc) is 2.77. The molecule has 0 aliphatic heterocycles. The van der Waals surface area contributed by atoms with Crippen molar-refractivity contribution in [3.8, 4) is 0 Å². The summed E-state index contributed by atoms with van der Waals surface area (Å²) in [6.45, 7) is 6.40. The maximum Gasteiger partial charge on any atom is 0.354 e. The Kier molecular flexibility index (Phi) is 5.57. The molecule has 0 radical (unpaired) electrons. The maximum atomic E-state index is 11.7. The lowest BCUT2D eigenvalue weighted by Crippen LogP contribution is -2.34. The van der Waals surface area contributed by atoms with Crippen molar-refractivity contribution in [3.05, 3.63) is 18.0 Å². The van der Waals surface area contributed by atoms with Crippen molar-refractivity contribution in [3.63, 3.8) is 0 Å². The largest absolute Gasteiger partial charge is 0.461 e. The molecule has 1 aromatic rings. The van der Waals surface area contributed by atoms with Crippen molar-refractivity contribution >= 4 is 17.6 Å². The third kappa shape index (κ3) is 4.75. The number of hydrogen-bond acceptors (Lipinski definition) is 4. The summed E-state index contributed by atoms with van der Waals surface area (Å²) in [5, 5.41) is 2.73. The molecule has 1 rings (SSSR count). The van der Waals surface area contributed by atoms with Crippen LogP contribution in [0.15, 0.2) is 12.3 Å². The smallest absolute Gasteiger partial charge is 0.354 e. The van der Waals surface area contributed by atoms with E-state index in [2.05, 4.69) is 10.3 Å². The molecule has 6 nitrogen and oxygen atoms in total. The van der Waals surface area contributed by atoms with Gasteiger partial charge in [0, 0.05) is 12.2 Å². The topological polar surface area (TPSA) is 74.4 Å². The number of anilines is 1. The number of aromatic nitrogens is 1. The van der Waals surface area contributed by atoms with Crippen LogP contribution in [0.5, 0.6) is 0 Å². The molecular weight excluding hydrogens is 246 g/mol. The van der Waals surface area contributed by atoms with Crippen molar-refractivity contribution in [1.82, 2.24) is 9.88 Å². The zero-order valence-corrected chi connectivity index (χ0v) is 11.8. The van der Waals surface area contributed by atoms with Crippen LogP contribution in [0.4, 0.5) is 5.69 Å². The first-order valence-electron chi connectivity index (χ1n) is 6.29. The number of nitrogens with zero attached hydrogens (tertiary/aromatic N) is 1. The Labute approximate surface area is 113 Å². The van der Waals surface area contributed by atoms with E-state index >= 15 is 0 Å². The molecule has 0 aliphatic carbocycles. The first kappa shape index (κ1) is 15.2. The second-order valence-electron chi connectivity index (χ2n) is 4.58. The van der Waals surface area contributed by atoms with Crippen molar-refractivity contribution in [2.75, 3.05) is 25.5 Å². The van der Waals surface area contributed by atoms with Crippen LogP contribution in [0.1, 0.15) is 31.3 Å². The van der Waals surface area contributed by atoms with E-state index in [0.717, 1.165) is 0 Å². The first-order valence-corrected chi connectivity index (χ1v) is 6.29. The Morgan fingerprint density at radius 3 is 2.74 bits per heavy atom. The van der Waals surface area contributed by atoms with Gasteiger partial charge < -0.3 is 15.0 Å². The Morgan fingerprint density at radius 2 is 2.16 bits per heavy atom. The van der Waals surface area contributed by atoms with Gasteiger partial charge in [-0.25, -0.2) is 4.79 Å². The number of likely N-dealkylation sites (N-methyl/N-ethyl adjacent to an activating group) is 1. The Morgan fingerprint density at radius 1 is 1.47 bits per heavy atom. The van der Waals surface area contributed by atoms with Gasteiger partial charge in [0.15, 0.2) is 0 Å². The van der Waals surface area contributed by atoms with E-state index in [1.54, 1.807) is 19.2 Å². The van der Waals surface area contributed by atoms with Crippen molar-refractivity contribution in [2.24, 2.45) is 0 Å². The van der Waals surface area contributed by atoms with Gasteiger partial charge >= 0.3 is 5.97 Å². The quantitative estimate of drug-likeness (QED) is 0.765. The maximum absolute atomic E-state index is 11.7. The Bertz CT molecular complexity index is 440. The van der Waals surface area contributed by atoms with E-state index in [-0.39, 0.29) is 5.91 Å². The van der Waals surface area contributed by atoms with Crippen molar-refractivity contribution in [2.45, 2.75) is 26.8 Å². The number of hydrogen-bond donors (Lipinski definition) is 2. The number of ether oxygens (including phenoxy) is 1. The molecule has 0 saturated heterocycles. The summed E-state index contributed by atoms with van der Waals surface area (Å²) in [6.07, 6.45) is 1.57. The van der Waals surface area contributed by atoms with Crippen LogP contribution in [-0.2, 0) is 9.53 Å². The van der Waals surface area contributed by atoms with E-state index in [0.29, 0.717) is 30.6 Å². The fourth-order valence-corrected chi connectivity index (χ4v) is 1.40. The molecule has 0 aliphatic rings. The van der Waals surface area contributed by atoms with Crippen LogP contribution in [0.2, 0.25) is 0 Å². The number of carbonyl (C=O) groups excluding carboxylic acids is 2. The van der Waals surface area contributed by atoms with Crippen LogP contribution in [-0.4, -0.2) is 48.0 Å². The normalized spacial score (nSPS) is 10.8. The van der Waals surface area contributed by atoms with Gasteiger partial charge in [-0.15, -0.1) is 0 Å². The highest BCUT2D eigenvalue weighted by atomic mass is 16.5. The fourth-order valence-electron chi connectivity index (χ4n) is 1.40.